The van der Waals surface area contributed by atoms with Crippen molar-refractivity contribution in [3.8, 4) is 0 Å². The predicted octanol–water partition coefficient (Wildman–Crippen LogP) is 2.04. The molecule has 2 unspecified atom stereocenters. The first-order valence-electron chi connectivity index (χ1n) is 1.77. The molecule has 1 nitrogen and oxygen atoms in total. The lowest BCUT2D eigenvalue weighted by Crippen LogP contribution is -1.94. The SMILES string of the molecule is O=S1C(Cl)=CSC1Cl. The van der Waals surface area contributed by atoms with E-state index in [0.29, 0.717) is 4.36 Å². The Kier molecular flexibility index (Phi) is 2.26. The van der Waals surface area contributed by atoms with Crippen molar-refractivity contribution in [3.63, 3.8) is 0 Å². The number of thioether (sulfide) groups is 1. The summed E-state index contributed by atoms with van der Waals surface area (Å²) in [7, 11) is -1.16. The maximum atomic E-state index is 10.7. The minimum Gasteiger partial charge on any atom is -0.251 e. The fraction of sp³-hybridized carbons (Fsp3) is 0.333. The van der Waals surface area contributed by atoms with Gasteiger partial charge in [0.2, 0.25) is 0 Å². The number of hydrogen-bond acceptors (Lipinski definition) is 2. The van der Waals surface area contributed by atoms with Gasteiger partial charge in [0.15, 0.2) is 4.04 Å². The molecule has 1 heterocycles. The van der Waals surface area contributed by atoms with Gasteiger partial charge < -0.3 is 0 Å². The third-order valence-electron chi connectivity index (χ3n) is 0.628. The zero-order valence-electron chi connectivity index (χ0n) is 3.64. The van der Waals surface area contributed by atoms with Gasteiger partial charge in [0.1, 0.15) is 4.36 Å². The second-order valence-electron chi connectivity index (χ2n) is 1.13. The van der Waals surface area contributed by atoms with Crippen molar-refractivity contribution in [3.05, 3.63) is 9.77 Å². The van der Waals surface area contributed by atoms with E-state index >= 15 is 0 Å². The molecular weight excluding hydrogens is 187 g/mol. The molecule has 0 N–H and O–H groups in total. The average Bonchev–Trinajstić information content (AvgIpc) is 1.98. The summed E-state index contributed by atoms with van der Waals surface area (Å²) in [6.07, 6.45) is 0. The van der Waals surface area contributed by atoms with Gasteiger partial charge >= 0.3 is 0 Å². The molecule has 0 amide bonds. The molecule has 1 aliphatic heterocycles. The van der Waals surface area contributed by atoms with Crippen molar-refractivity contribution < 1.29 is 4.21 Å². The Balaban J connectivity index is 2.73. The van der Waals surface area contributed by atoms with Crippen LogP contribution in [-0.4, -0.2) is 8.25 Å². The Hall–Kier alpha value is 0.820. The van der Waals surface area contributed by atoms with Gasteiger partial charge in [0.05, 0.1) is 10.8 Å². The van der Waals surface area contributed by atoms with Crippen molar-refractivity contribution in [1.82, 2.24) is 0 Å². The average molecular weight is 189 g/mol. The molecule has 0 saturated carbocycles. The Morgan fingerprint density at radius 2 is 2.50 bits per heavy atom. The van der Waals surface area contributed by atoms with Gasteiger partial charge in [-0.2, -0.15) is 0 Å². The zero-order valence-corrected chi connectivity index (χ0v) is 6.78. The molecule has 0 radical (unpaired) electrons. The van der Waals surface area contributed by atoms with E-state index in [2.05, 4.69) is 0 Å². The third kappa shape index (κ3) is 1.21. The second kappa shape index (κ2) is 2.60. The van der Waals surface area contributed by atoms with Gasteiger partial charge in [-0.1, -0.05) is 35.0 Å². The molecule has 0 fully saturated rings. The van der Waals surface area contributed by atoms with Crippen LogP contribution in [0.15, 0.2) is 9.77 Å². The van der Waals surface area contributed by atoms with Crippen LogP contribution in [0, 0.1) is 0 Å². The highest BCUT2D eigenvalue weighted by atomic mass is 35.5. The molecule has 8 heavy (non-hydrogen) atoms. The molecule has 2 atom stereocenters. The smallest absolute Gasteiger partial charge is 0.163 e. The Labute approximate surface area is 63.9 Å². The van der Waals surface area contributed by atoms with Crippen LogP contribution >= 0.6 is 35.0 Å². The zero-order chi connectivity index (χ0) is 6.15. The topological polar surface area (TPSA) is 17.1 Å². The van der Waals surface area contributed by atoms with Crippen molar-refractivity contribution in [1.29, 1.82) is 0 Å². The summed E-state index contributed by atoms with van der Waals surface area (Å²) in [5.41, 5.74) is 0. The van der Waals surface area contributed by atoms with Crippen LogP contribution in [0.1, 0.15) is 0 Å². The van der Waals surface area contributed by atoms with E-state index in [1.54, 1.807) is 5.41 Å². The summed E-state index contributed by atoms with van der Waals surface area (Å²) in [6, 6.07) is 0. The van der Waals surface area contributed by atoms with Gasteiger partial charge in [-0.25, -0.2) is 0 Å². The Bertz CT molecular complexity index is 155. The standard InChI is InChI=1S/C3H2Cl2OS2/c4-2-1-7-3(5)8(2)6/h1,3H. The molecule has 0 spiro atoms. The van der Waals surface area contributed by atoms with Crippen LogP contribution in [-0.2, 0) is 10.8 Å². The van der Waals surface area contributed by atoms with Crippen LogP contribution in [0.25, 0.3) is 0 Å². The van der Waals surface area contributed by atoms with Crippen LogP contribution in [0.3, 0.4) is 0 Å². The molecule has 0 aromatic rings. The summed E-state index contributed by atoms with van der Waals surface area (Å²) >= 11 is 12.2. The quantitative estimate of drug-likeness (QED) is 0.542. The van der Waals surface area contributed by atoms with Crippen molar-refractivity contribution >= 4 is 45.8 Å². The lowest BCUT2D eigenvalue weighted by Gasteiger charge is -1.91. The van der Waals surface area contributed by atoms with Crippen LogP contribution in [0.5, 0.6) is 0 Å². The summed E-state index contributed by atoms with van der Waals surface area (Å²) < 4.78 is 10.6. The van der Waals surface area contributed by atoms with E-state index in [1.165, 1.54) is 11.8 Å². The molecule has 0 bridgehead atoms. The predicted molar refractivity (Wildman–Crippen MR) is 39.3 cm³/mol. The molecule has 0 aromatic carbocycles. The lowest BCUT2D eigenvalue weighted by molar-refractivity contribution is 0.690. The normalized spacial score (nSPS) is 37.5. The highest BCUT2D eigenvalue weighted by Gasteiger charge is 2.22. The first kappa shape index (κ1) is 6.93. The largest absolute Gasteiger partial charge is 0.251 e. The number of hydrogen-bond donors (Lipinski definition) is 0. The van der Waals surface area contributed by atoms with E-state index in [9.17, 15) is 4.21 Å². The number of rotatable bonds is 0. The minimum absolute atomic E-state index is 0.356. The molecule has 1 rings (SSSR count). The van der Waals surface area contributed by atoms with Gasteiger partial charge in [-0.05, 0) is 0 Å². The van der Waals surface area contributed by atoms with E-state index < -0.39 is 10.8 Å². The summed E-state index contributed by atoms with van der Waals surface area (Å²) in [6.45, 7) is 0. The van der Waals surface area contributed by atoms with E-state index in [1.807, 2.05) is 0 Å². The maximum Gasteiger partial charge on any atom is 0.163 e. The van der Waals surface area contributed by atoms with Gasteiger partial charge in [-0.3, -0.25) is 4.21 Å². The molecule has 46 valence electrons. The van der Waals surface area contributed by atoms with E-state index in [-0.39, 0.29) is 4.04 Å². The monoisotopic (exact) mass is 188 g/mol. The van der Waals surface area contributed by atoms with Crippen LogP contribution < -0.4 is 0 Å². The van der Waals surface area contributed by atoms with Crippen molar-refractivity contribution in [2.45, 2.75) is 4.04 Å². The molecule has 5 heteroatoms. The first-order valence-corrected chi connectivity index (χ1v) is 4.74. The fourth-order valence-corrected chi connectivity index (χ4v) is 3.27. The second-order valence-corrected chi connectivity index (χ2v) is 5.50. The highest BCUT2D eigenvalue weighted by Crippen LogP contribution is 2.34. The first-order chi connectivity index (χ1) is 3.72. The molecular formula is C3H2Cl2OS2. The lowest BCUT2D eigenvalue weighted by atomic mass is 11.2. The van der Waals surface area contributed by atoms with Crippen LogP contribution in [0.4, 0.5) is 0 Å². The molecule has 0 aliphatic carbocycles. The van der Waals surface area contributed by atoms with Gasteiger partial charge in [0, 0.05) is 5.41 Å². The summed E-state index contributed by atoms with van der Waals surface area (Å²) in [5, 5.41) is 1.61. The van der Waals surface area contributed by atoms with Gasteiger partial charge in [0.25, 0.3) is 0 Å². The molecule has 0 aromatic heterocycles. The Morgan fingerprint density at radius 3 is 2.62 bits per heavy atom. The Morgan fingerprint density at radius 1 is 1.88 bits per heavy atom. The molecule has 1 aliphatic rings. The van der Waals surface area contributed by atoms with E-state index in [0.717, 1.165) is 0 Å². The molecule has 0 saturated heterocycles. The number of halogens is 2. The maximum absolute atomic E-state index is 10.7. The van der Waals surface area contributed by atoms with Crippen LogP contribution in [0.2, 0.25) is 0 Å². The highest BCUT2D eigenvalue weighted by molar-refractivity contribution is 8.19. The third-order valence-corrected chi connectivity index (χ3v) is 4.55. The van der Waals surface area contributed by atoms with Crippen molar-refractivity contribution in [2.24, 2.45) is 0 Å². The van der Waals surface area contributed by atoms with E-state index in [4.69, 9.17) is 23.2 Å². The summed E-state index contributed by atoms with van der Waals surface area (Å²) in [4.78, 5) is 0. The van der Waals surface area contributed by atoms with Crippen molar-refractivity contribution in [2.75, 3.05) is 0 Å². The number of alkyl halides is 1. The fourth-order valence-electron chi connectivity index (χ4n) is 0.293. The minimum atomic E-state index is -1.16. The van der Waals surface area contributed by atoms with Gasteiger partial charge in [-0.15, -0.1) is 0 Å². The summed E-state index contributed by atoms with van der Waals surface area (Å²) in [5.74, 6) is 0.